The van der Waals surface area contributed by atoms with Crippen LogP contribution in [0.5, 0.6) is 0 Å². The second kappa shape index (κ2) is 10.1. The Morgan fingerprint density at radius 1 is 1.15 bits per heavy atom. The normalized spacial score (nSPS) is 34.4. The average molecular weight is 466 g/mol. The van der Waals surface area contributed by atoms with Crippen molar-refractivity contribution in [2.45, 2.75) is 77.9 Å². The van der Waals surface area contributed by atoms with Gasteiger partial charge in [0.2, 0.25) is 5.91 Å². The first-order chi connectivity index (χ1) is 16.2. The van der Waals surface area contributed by atoms with E-state index in [0.29, 0.717) is 11.1 Å². The summed E-state index contributed by atoms with van der Waals surface area (Å²) in [4.78, 5) is 28.1. The molecule has 0 unspecified atom stereocenters. The van der Waals surface area contributed by atoms with Crippen LogP contribution in [0.25, 0.3) is 0 Å². The third-order valence-electron chi connectivity index (χ3n) is 9.18. The first kappa shape index (κ1) is 24.7. The van der Waals surface area contributed by atoms with Gasteiger partial charge in [0.05, 0.1) is 17.7 Å². The molecule has 0 aromatic heterocycles. The zero-order chi connectivity index (χ0) is 24.5. The summed E-state index contributed by atoms with van der Waals surface area (Å²) < 4.78 is 0. The summed E-state index contributed by atoms with van der Waals surface area (Å²) in [5.41, 5.74) is 1.10. The van der Waals surface area contributed by atoms with Crippen molar-refractivity contribution in [1.29, 1.82) is 5.26 Å². The minimum Gasteiger partial charge on any atom is -0.392 e. The van der Waals surface area contributed by atoms with Gasteiger partial charge < -0.3 is 15.3 Å². The Morgan fingerprint density at radius 3 is 2.44 bits per heavy atom. The molecule has 2 saturated carbocycles. The van der Waals surface area contributed by atoms with Crippen LogP contribution in [0.2, 0.25) is 0 Å². The van der Waals surface area contributed by atoms with Gasteiger partial charge in [-0.2, -0.15) is 5.26 Å². The van der Waals surface area contributed by atoms with Gasteiger partial charge in [-0.25, -0.2) is 0 Å². The fourth-order valence-electron chi connectivity index (χ4n) is 7.03. The number of nitrogens with zero attached hydrogens (tertiary/aromatic N) is 2. The molecule has 0 radical (unpaired) electrons. The Hall–Kier alpha value is -2.39. The molecule has 6 nitrogen and oxygen atoms in total. The largest absolute Gasteiger partial charge is 0.392 e. The number of nitrogens with one attached hydrogen (secondary N) is 1. The van der Waals surface area contributed by atoms with E-state index in [0.717, 1.165) is 51.6 Å². The van der Waals surface area contributed by atoms with Gasteiger partial charge in [0.15, 0.2) is 0 Å². The Balaban J connectivity index is 1.46. The number of carbonyl (C=O) groups is 2. The number of likely N-dealkylation sites (tertiary alicyclic amines) is 1. The number of carbonyl (C=O) groups excluding carboxylic acids is 2. The number of aliphatic hydroxyl groups is 1. The van der Waals surface area contributed by atoms with Gasteiger partial charge in [-0.3, -0.25) is 9.59 Å². The molecule has 7 atom stereocenters. The molecular weight excluding hydrogens is 426 g/mol. The zero-order valence-electron chi connectivity index (χ0n) is 20.8. The first-order valence-electron chi connectivity index (χ1n) is 13.0. The van der Waals surface area contributed by atoms with Crippen LogP contribution >= 0.6 is 0 Å². The number of hydrogen-bond acceptors (Lipinski definition) is 4. The molecule has 4 rings (SSSR count). The molecule has 3 aliphatic rings. The lowest BCUT2D eigenvalue weighted by Gasteiger charge is -2.56. The number of aliphatic hydroxyl groups excluding tert-OH is 1. The topological polar surface area (TPSA) is 93.4 Å². The van der Waals surface area contributed by atoms with Crippen LogP contribution in [0.4, 0.5) is 0 Å². The van der Waals surface area contributed by atoms with Crippen LogP contribution in [0.3, 0.4) is 0 Å². The monoisotopic (exact) mass is 465 g/mol. The Morgan fingerprint density at radius 2 is 1.79 bits per heavy atom. The van der Waals surface area contributed by atoms with Gasteiger partial charge in [-0.05, 0) is 92.4 Å². The fraction of sp³-hybridized carbons (Fsp3) is 0.679. The number of piperidine rings is 1. The second-order valence-electron chi connectivity index (χ2n) is 11.2. The number of amides is 2. The van der Waals surface area contributed by atoms with Crippen LogP contribution in [0, 0.1) is 40.4 Å². The zero-order valence-corrected chi connectivity index (χ0v) is 20.8. The van der Waals surface area contributed by atoms with E-state index in [-0.39, 0.29) is 46.9 Å². The van der Waals surface area contributed by atoms with Crippen molar-refractivity contribution in [3.63, 3.8) is 0 Å². The van der Waals surface area contributed by atoms with E-state index in [2.05, 4.69) is 25.2 Å². The molecule has 3 fully saturated rings. The van der Waals surface area contributed by atoms with Gasteiger partial charge in [0.25, 0.3) is 5.91 Å². The number of hydrogen-bond donors (Lipinski definition) is 2. The van der Waals surface area contributed by atoms with Crippen LogP contribution in [-0.4, -0.2) is 47.1 Å². The van der Waals surface area contributed by atoms with Crippen molar-refractivity contribution >= 4 is 11.8 Å². The summed E-state index contributed by atoms with van der Waals surface area (Å²) in [6.45, 7) is 8.11. The predicted octanol–water partition coefficient (Wildman–Crippen LogP) is 4.13. The van der Waals surface area contributed by atoms with E-state index >= 15 is 0 Å². The van der Waals surface area contributed by atoms with Crippen LogP contribution < -0.4 is 5.32 Å². The van der Waals surface area contributed by atoms with E-state index in [1.54, 1.807) is 24.3 Å². The molecule has 1 aromatic rings. The van der Waals surface area contributed by atoms with Gasteiger partial charge in [-0.15, -0.1) is 0 Å². The van der Waals surface area contributed by atoms with Crippen molar-refractivity contribution in [2.75, 3.05) is 13.1 Å². The van der Waals surface area contributed by atoms with Crippen molar-refractivity contribution in [1.82, 2.24) is 10.2 Å². The third-order valence-corrected chi connectivity index (χ3v) is 9.18. The molecule has 1 aliphatic heterocycles. The van der Waals surface area contributed by atoms with Gasteiger partial charge in [0.1, 0.15) is 0 Å². The standard InChI is InChI=1S/C28H39N3O3/c1-18(27(34)31-15-5-4-6-16-31)22-11-13-28(3)14-12-23(19(2)24(28)25(22)32)30-26(33)21-9-7-20(17-29)8-10-21/h7-10,18-19,22-25,32H,4-6,11-16H2,1-3H3,(H,30,33)/t18-,19-,22+,23-,24+,25-,28+/m0/s1. The predicted molar refractivity (Wildman–Crippen MR) is 131 cm³/mol. The number of fused-ring (bicyclic) bond motifs is 1. The van der Waals surface area contributed by atoms with Gasteiger partial charge in [-0.1, -0.05) is 20.8 Å². The van der Waals surface area contributed by atoms with E-state index < -0.39 is 6.10 Å². The van der Waals surface area contributed by atoms with Crippen molar-refractivity contribution in [2.24, 2.45) is 29.1 Å². The molecule has 0 bridgehead atoms. The number of benzene rings is 1. The fourth-order valence-corrected chi connectivity index (χ4v) is 7.03. The smallest absolute Gasteiger partial charge is 0.251 e. The highest BCUT2D eigenvalue weighted by Crippen LogP contribution is 2.55. The van der Waals surface area contributed by atoms with Crippen molar-refractivity contribution in [3.8, 4) is 6.07 Å². The number of nitriles is 1. The van der Waals surface area contributed by atoms with Gasteiger partial charge in [0, 0.05) is 30.6 Å². The summed E-state index contributed by atoms with van der Waals surface area (Å²) in [6.07, 6.45) is 6.52. The third kappa shape index (κ3) is 4.73. The highest BCUT2D eigenvalue weighted by molar-refractivity contribution is 5.94. The Kier molecular flexibility index (Phi) is 7.33. The molecule has 1 heterocycles. The minimum atomic E-state index is -0.549. The highest BCUT2D eigenvalue weighted by atomic mass is 16.3. The molecule has 184 valence electrons. The maximum Gasteiger partial charge on any atom is 0.251 e. The molecule has 0 spiro atoms. The maximum absolute atomic E-state index is 13.2. The molecule has 6 heteroatoms. The lowest BCUT2D eigenvalue weighted by Crippen LogP contribution is -2.58. The molecule has 2 aliphatic carbocycles. The van der Waals surface area contributed by atoms with Crippen molar-refractivity contribution < 1.29 is 14.7 Å². The molecule has 2 amide bonds. The van der Waals surface area contributed by atoms with E-state index in [1.807, 2.05) is 11.8 Å². The summed E-state index contributed by atoms with van der Waals surface area (Å²) in [7, 11) is 0. The minimum absolute atomic E-state index is 0.0253. The van der Waals surface area contributed by atoms with Crippen LogP contribution in [0.15, 0.2) is 24.3 Å². The Labute approximate surface area is 203 Å². The molecule has 1 saturated heterocycles. The quantitative estimate of drug-likeness (QED) is 0.699. The summed E-state index contributed by atoms with van der Waals surface area (Å²) in [5, 5.41) is 23.8. The van der Waals surface area contributed by atoms with E-state index in [4.69, 9.17) is 5.26 Å². The van der Waals surface area contributed by atoms with Crippen molar-refractivity contribution in [3.05, 3.63) is 35.4 Å². The highest BCUT2D eigenvalue weighted by Gasteiger charge is 2.54. The molecule has 2 N–H and O–H groups in total. The SMILES string of the molecule is C[C@@H]1[C@@H]2[C@@H](O)[C@@H]([C@H](C)C(=O)N3CCCCC3)CC[C@]2(C)CC[C@@H]1NC(=O)c1ccc(C#N)cc1. The lowest BCUT2D eigenvalue weighted by atomic mass is 9.51. The number of rotatable bonds is 4. The Bertz CT molecular complexity index is 933. The summed E-state index contributed by atoms with van der Waals surface area (Å²) >= 11 is 0. The van der Waals surface area contributed by atoms with Gasteiger partial charge >= 0.3 is 0 Å². The van der Waals surface area contributed by atoms with Crippen LogP contribution in [0.1, 0.15) is 81.6 Å². The van der Waals surface area contributed by atoms with Crippen LogP contribution in [-0.2, 0) is 4.79 Å². The van der Waals surface area contributed by atoms with E-state index in [1.165, 1.54) is 6.42 Å². The summed E-state index contributed by atoms with van der Waals surface area (Å²) in [6, 6.07) is 8.74. The lowest BCUT2D eigenvalue weighted by molar-refractivity contribution is -0.150. The molecule has 34 heavy (non-hydrogen) atoms. The average Bonchev–Trinajstić information content (AvgIpc) is 2.85. The van der Waals surface area contributed by atoms with E-state index in [9.17, 15) is 14.7 Å². The second-order valence-corrected chi connectivity index (χ2v) is 11.2. The maximum atomic E-state index is 13.2. The first-order valence-corrected chi connectivity index (χ1v) is 13.0. The molecule has 1 aromatic carbocycles. The molecular formula is C28H39N3O3. The summed E-state index contributed by atoms with van der Waals surface area (Å²) in [5.74, 6) is -0.0117.